The molecular weight excluding hydrogens is 225 g/mol. The number of halogens is 1. The van der Waals surface area contributed by atoms with Crippen molar-refractivity contribution in [1.29, 1.82) is 0 Å². The number of benzene rings is 1. The normalized spacial score (nSPS) is 12.6. The van der Waals surface area contributed by atoms with Gasteiger partial charge in [0, 0.05) is 7.05 Å². The number of nitrogens with zero attached hydrogens (tertiary/aromatic N) is 2. The molecule has 0 aliphatic rings. The van der Waals surface area contributed by atoms with Gasteiger partial charge in [-0.3, -0.25) is 4.79 Å². The monoisotopic (exact) mass is 237 g/mol. The first-order valence-electron chi connectivity index (χ1n) is 5.11. The van der Waals surface area contributed by atoms with Gasteiger partial charge in [-0.05, 0) is 19.1 Å². The number of aliphatic carboxylic acids is 1. The molecule has 0 aliphatic heterocycles. The van der Waals surface area contributed by atoms with E-state index in [4.69, 9.17) is 5.11 Å². The van der Waals surface area contributed by atoms with Crippen LogP contribution in [0.2, 0.25) is 0 Å². The van der Waals surface area contributed by atoms with Crippen molar-refractivity contribution in [2.75, 3.05) is 5.32 Å². The molecule has 2 rings (SSSR count). The second-order valence-corrected chi connectivity index (χ2v) is 3.81. The highest BCUT2D eigenvalue weighted by atomic mass is 19.1. The molecule has 0 spiro atoms. The maximum atomic E-state index is 13.5. The number of aryl methyl sites for hydroxylation is 1. The number of fused-ring (bicyclic) bond motifs is 1. The maximum Gasteiger partial charge on any atom is 0.325 e. The summed E-state index contributed by atoms with van der Waals surface area (Å²) >= 11 is 0. The van der Waals surface area contributed by atoms with E-state index in [0.717, 1.165) is 0 Å². The largest absolute Gasteiger partial charge is 0.480 e. The first kappa shape index (κ1) is 11.4. The topological polar surface area (TPSA) is 67.2 Å². The Hall–Kier alpha value is -2.11. The van der Waals surface area contributed by atoms with Crippen LogP contribution in [-0.4, -0.2) is 26.7 Å². The quantitative estimate of drug-likeness (QED) is 0.850. The van der Waals surface area contributed by atoms with Crippen LogP contribution in [0.3, 0.4) is 0 Å². The second-order valence-electron chi connectivity index (χ2n) is 3.81. The molecule has 0 radical (unpaired) electrons. The van der Waals surface area contributed by atoms with E-state index in [1.807, 2.05) is 0 Å². The molecule has 90 valence electrons. The van der Waals surface area contributed by atoms with Crippen LogP contribution in [0.15, 0.2) is 18.2 Å². The predicted molar refractivity (Wildman–Crippen MR) is 61.4 cm³/mol. The number of rotatable bonds is 3. The zero-order valence-electron chi connectivity index (χ0n) is 9.44. The average Bonchev–Trinajstić information content (AvgIpc) is 2.58. The molecule has 0 aliphatic carbocycles. The van der Waals surface area contributed by atoms with Gasteiger partial charge in [-0.25, -0.2) is 9.37 Å². The summed E-state index contributed by atoms with van der Waals surface area (Å²) in [6, 6.07) is 3.85. The van der Waals surface area contributed by atoms with Gasteiger partial charge in [0.25, 0.3) is 0 Å². The standard InChI is InChI=1S/C11H12FN3O2/c1-6(10(16)17)13-11-14-9-7(12)4-3-5-8(9)15(11)2/h3-6H,1-2H3,(H,13,14)(H,16,17)/t6-/m1/s1. The number of aromatic nitrogens is 2. The van der Waals surface area contributed by atoms with Crippen molar-refractivity contribution in [2.24, 2.45) is 7.05 Å². The fourth-order valence-corrected chi connectivity index (χ4v) is 1.56. The van der Waals surface area contributed by atoms with Gasteiger partial charge in [0.05, 0.1) is 5.52 Å². The third kappa shape index (κ3) is 1.93. The van der Waals surface area contributed by atoms with E-state index in [1.165, 1.54) is 13.0 Å². The minimum absolute atomic E-state index is 0.232. The number of nitrogens with one attached hydrogen (secondary N) is 1. The Morgan fingerprint density at radius 2 is 2.29 bits per heavy atom. The molecule has 6 heteroatoms. The SMILES string of the molecule is C[C@@H](Nc1nc2c(F)cccc2n1C)C(=O)O. The Morgan fingerprint density at radius 3 is 2.88 bits per heavy atom. The van der Waals surface area contributed by atoms with E-state index in [9.17, 15) is 9.18 Å². The van der Waals surface area contributed by atoms with E-state index >= 15 is 0 Å². The number of carboxylic acids is 1. The van der Waals surface area contributed by atoms with Crippen molar-refractivity contribution >= 4 is 23.0 Å². The maximum absolute atomic E-state index is 13.5. The fourth-order valence-electron chi connectivity index (χ4n) is 1.56. The Bertz CT molecular complexity index is 579. The summed E-state index contributed by atoms with van der Waals surface area (Å²) in [5.41, 5.74) is 0.847. The van der Waals surface area contributed by atoms with Crippen LogP contribution in [-0.2, 0) is 11.8 Å². The predicted octanol–water partition coefficient (Wildman–Crippen LogP) is 1.60. The summed E-state index contributed by atoms with van der Waals surface area (Å²) in [4.78, 5) is 14.8. The zero-order chi connectivity index (χ0) is 12.6. The molecule has 0 saturated heterocycles. The first-order valence-corrected chi connectivity index (χ1v) is 5.11. The Balaban J connectivity index is 2.46. The van der Waals surface area contributed by atoms with Crippen molar-refractivity contribution in [3.63, 3.8) is 0 Å². The summed E-state index contributed by atoms with van der Waals surface area (Å²) in [5.74, 6) is -1.08. The lowest BCUT2D eigenvalue weighted by Crippen LogP contribution is -2.26. The van der Waals surface area contributed by atoms with E-state index in [-0.39, 0.29) is 5.52 Å². The van der Waals surface area contributed by atoms with Crippen LogP contribution in [0.25, 0.3) is 11.0 Å². The molecule has 0 fully saturated rings. The summed E-state index contributed by atoms with van der Waals surface area (Å²) in [5, 5.41) is 11.5. The highest BCUT2D eigenvalue weighted by Crippen LogP contribution is 2.20. The van der Waals surface area contributed by atoms with Crippen LogP contribution in [0, 0.1) is 5.82 Å². The van der Waals surface area contributed by atoms with Gasteiger partial charge in [0.2, 0.25) is 5.95 Å². The minimum Gasteiger partial charge on any atom is -0.480 e. The van der Waals surface area contributed by atoms with Crippen LogP contribution in [0.4, 0.5) is 10.3 Å². The van der Waals surface area contributed by atoms with Crippen molar-refractivity contribution in [3.05, 3.63) is 24.0 Å². The molecule has 17 heavy (non-hydrogen) atoms. The number of hydrogen-bond donors (Lipinski definition) is 2. The summed E-state index contributed by atoms with van der Waals surface area (Å²) < 4.78 is 15.1. The number of para-hydroxylation sites is 1. The lowest BCUT2D eigenvalue weighted by atomic mass is 10.3. The number of carbonyl (C=O) groups is 1. The van der Waals surface area contributed by atoms with Crippen molar-refractivity contribution < 1.29 is 14.3 Å². The molecule has 0 saturated carbocycles. The lowest BCUT2D eigenvalue weighted by molar-refractivity contribution is -0.137. The van der Waals surface area contributed by atoms with E-state index in [2.05, 4.69) is 10.3 Å². The highest BCUT2D eigenvalue weighted by molar-refractivity contribution is 5.81. The van der Waals surface area contributed by atoms with E-state index < -0.39 is 17.8 Å². The lowest BCUT2D eigenvalue weighted by Gasteiger charge is -2.09. The minimum atomic E-state index is -0.988. The number of imidazole rings is 1. The van der Waals surface area contributed by atoms with Crippen LogP contribution >= 0.6 is 0 Å². The Kier molecular flexibility index (Phi) is 2.71. The molecule has 1 atom stereocenters. The van der Waals surface area contributed by atoms with Crippen LogP contribution < -0.4 is 5.32 Å². The first-order chi connectivity index (χ1) is 8.00. The van der Waals surface area contributed by atoms with Crippen LogP contribution in [0.1, 0.15) is 6.92 Å². The molecule has 2 N–H and O–H groups in total. The van der Waals surface area contributed by atoms with Gasteiger partial charge in [0.15, 0.2) is 5.82 Å². The molecule has 1 aromatic carbocycles. The van der Waals surface area contributed by atoms with Gasteiger partial charge in [0.1, 0.15) is 11.6 Å². The van der Waals surface area contributed by atoms with Crippen molar-refractivity contribution in [3.8, 4) is 0 Å². The summed E-state index contributed by atoms with van der Waals surface area (Å²) in [7, 11) is 1.70. The molecule has 0 amide bonds. The zero-order valence-corrected chi connectivity index (χ0v) is 9.44. The average molecular weight is 237 g/mol. The Labute approximate surface area is 96.9 Å². The number of carboxylic acid groups (broad SMARTS) is 1. The van der Waals surface area contributed by atoms with E-state index in [1.54, 1.807) is 23.7 Å². The molecule has 1 aromatic heterocycles. The Morgan fingerprint density at radius 1 is 1.59 bits per heavy atom. The smallest absolute Gasteiger partial charge is 0.325 e. The van der Waals surface area contributed by atoms with E-state index in [0.29, 0.717) is 11.5 Å². The summed E-state index contributed by atoms with van der Waals surface area (Å²) in [6.07, 6.45) is 0. The molecule has 2 aromatic rings. The molecule has 0 bridgehead atoms. The molecule has 0 unspecified atom stereocenters. The third-order valence-corrected chi connectivity index (χ3v) is 2.58. The van der Waals surface area contributed by atoms with Crippen LogP contribution in [0.5, 0.6) is 0 Å². The van der Waals surface area contributed by atoms with Crippen molar-refractivity contribution in [1.82, 2.24) is 9.55 Å². The molecule has 5 nitrogen and oxygen atoms in total. The third-order valence-electron chi connectivity index (χ3n) is 2.58. The van der Waals surface area contributed by atoms with Gasteiger partial charge in [-0.2, -0.15) is 0 Å². The number of hydrogen-bond acceptors (Lipinski definition) is 3. The highest BCUT2D eigenvalue weighted by Gasteiger charge is 2.16. The summed E-state index contributed by atoms with van der Waals surface area (Å²) in [6.45, 7) is 1.50. The molecular formula is C11H12FN3O2. The van der Waals surface area contributed by atoms with Gasteiger partial charge in [-0.15, -0.1) is 0 Å². The van der Waals surface area contributed by atoms with Gasteiger partial charge in [-0.1, -0.05) is 6.07 Å². The van der Waals surface area contributed by atoms with Gasteiger partial charge >= 0.3 is 5.97 Å². The second kappa shape index (κ2) is 4.04. The van der Waals surface area contributed by atoms with Gasteiger partial charge < -0.3 is 15.0 Å². The molecule has 1 heterocycles. The van der Waals surface area contributed by atoms with Crippen molar-refractivity contribution in [2.45, 2.75) is 13.0 Å². The number of anilines is 1. The fraction of sp³-hybridized carbons (Fsp3) is 0.273.